The molecule has 0 heterocycles. The maximum absolute atomic E-state index is 10.5. The number of carbonyl (C=O) groups excluding carboxylic acids is 1. The Morgan fingerprint density at radius 3 is 2.40 bits per heavy atom. The number of amides is 1. The normalized spacial score (nSPS) is 15.6. The lowest BCUT2D eigenvalue weighted by atomic mass is 10.2. The standard InChI is InChI=1S/C6H13NO3/c1-4(5(2)8)7-6(9)10-3/h4-5,8H,1-3H3,(H,7,9). The SMILES string of the molecule is COC(=O)NC(C)C(C)O. The van der Waals surface area contributed by atoms with Crippen LogP contribution in [0.3, 0.4) is 0 Å². The zero-order chi connectivity index (χ0) is 8.15. The van der Waals surface area contributed by atoms with Gasteiger partial charge >= 0.3 is 6.09 Å². The smallest absolute Gasteiger partial charge is 0.407 e. The lowest BCUT2D eigenvalue weighted by Gasteiger charge is -2.14. The molecule has 0 rings (SSSR count). The molecule has 0 aromatic carbocycles. The van der Waals surface area contributed by atoms with Crippen molar-refractivity contribution in [2.24, 2.45) is 0 Å². The summed E-state index contributed by atoms with van der Waals surface area (Å²) in [6.45, 7) is 3.29. The first-order chi connectivity index (χ1) is 4.57. The van der Waals surface area contributed by atoms with Crippen LogP contribution in [0.4, 0.5) is 4.79 Å². The Kier molecular flexibility index (Phi) is 3.79. The van der Waals surface area contributed by atoms with Crippen LogP contribution < -0.4 is 5.32 Å². The van der Waals surface area contributed by atoms with Crippen molar-refractivity contribution < 1.29 is 14.6 Å². The summed E-state index contributed by atoms with van der Waals surface area (Å²) in [5.41, 5.74) is 0. The summed E-state index contributed by atoms with van der Waals surface area (Å²) in [5, 5.41) is 11.3. The first-order valence-electron chi connectivity index (χ1n) is 3.10. The third kappa shape index (κ3) is 3.29. The Hall–Kier alpha value is -0.770. The lowest BCUT2D eigenvalue weighted by molar-refractivity contribution is 0.130. The van der Waals surface area contributed by atoms with Crippen molar-refractivity contribution in [3.8, 4) is 0 Å². The Bertz CT molecular complexity index is 114. The second-order valence-corrected chi connectivity index (χ2v) is 2.17. The fraction of sp³-hybridized carbons (Fsp3) is 0.833. The van der Waals surface area contributed by atoms with E-state index in [1.165, 1.54) is 7.11 Å². The molecule has 0 bridgehead atoms. The monoisotopic (exact) mass is 147 g/mol. The van der Waals surface area contributed by atoms with E-state index in [2.05, 4.69) is 10.1 Å². The van der Waals surface area contributed by atoms with Gasteiger partial charge in [-0.3, -0.25) is 0 Å². The van der Waals surface area contributed by atoms with Gasteiger partial charge in [-0.25, -0.2) is 4.79 Å². The average molecular weight is 147 g/mol. The Balaban J connectivity index is 3.57. The van der Waals surface area contributed by atoms with Crippen LogP contribution in [0, 0.1) is 0 Å². The fourth-order valence-electron chi connectivity index (χ4n) is 0.365. The van der Waals surface area contributed by atoms with Gasteiger partial charge < -0.3 is 15.2 Å². The van der Waals surface area contributed by atoms with E-state index in [4.69, 9.17) is 5.11 Å². The number of aliphatic hydroxyl groups is 1. The molecule has 0 aliphatic carbocycles. The first-order valence-corrected chi connectivity index (χ1v) is 3.10. The van der Waals surface area contributed by atoms with Gasteiger partial charge in [-0.05, 0) is 13.8 Å². The minimum atomic E-state index is -0.556. The minimum Gasteiger partial charge on any atom is -0.453 e. The maximum atomic E-state index is 10.5. The van der Waals surface area contributed by atoms with Crippen molar-refractivity contribution in [1.29, 1.82) is 0 Å². The molecule has 2 N–H and O–H groups in total. The van der Waals surface area contributed by atoms with Crippen molar-refractivity contribution in [3.63, 3.8) is 0 Å². The van der Waals surface area contributed by atoms with Gasteiger partial charge in [-0.15, -0.1) is 0 Å². The number of carbonyl (C=O) groups is 1. The van der Waals surface area contributed by atoms with Crippen molar-refractivity contribution in [2.75, 3.05) is 7.11 Å². The number of alkyl carbamates (subject to hydrolysis) is 1. The molecule has 0 aliphatic rings. The molecular weight excluding hydrogens is 134 g/mol. The zero-order valence-corrected chi connectivity index (χ0v) is 6.42. The third-order valence-electron chi connectivity index (χ3n) is 1.25. The largest absolute Gasteiger partial charge is 0.453 e. The summed E-state index contributed by atoms with van der Waals surface area (Å²) >= 11 is 0. The molecule has 0 spiro atoms. The molecule has 0 saturated carbocycles. The molecule has 10 heavy (non-hydrogen) atoms. The van der Waals surface area contributed by atoms with E-state index in [1.54, 1.807) is 13.8 Å². The molecule has 1 amide bonds. The molecule has 2 atom stereocenters. The van der Waals surface area contributed by atoms with Crippen LogP contribution in [0.15, 0.2) is 0 Å². The molecule has 0 fully saturated rings. The molecule has 60 valence electrons. The highest BCUT2D eigenvalue weighted by molar-refractivity contribution is 5.67. The molecular formula is C6H13NO3. The lowest BCUT2D eigenvalue weighted by Crippen LogP contribution is -2.39. The van der Waals surface area contributed by atoms with E-state index in [9.17, 15) is 4.79 Å². The zero-order valence-electron chi connectivity index (χ0n) is 6.42. The van der Waals surface area contributed by atoms with Gasteiger partial charge in [0, 0.05) is 0 Å². The summed E-state index contributed by atoms with van der Waals surface area (Å²) in [5.74, 6) is 0. The highest BCUT2D eigenvalue weighted by atomic mass is 16.5. The van der Waals surface area contributed by atoms with Gasteiger partial charge in [0.05, 0.1) is 19.3 Å². The Morgan fingerprint density at radius 2 is 2.10 bits per heavy atom. The van der Waals surface area contributed by atoms with Gasteiger partial charge in [0.15, 0.2) is 0 Å². The Labute approximate surface area is 60.2 Å². The summed E-state index contributed by atoms with van der Waals surface area (Å²) in [6.07, 6.45) is -1.08. The molecule has 4 heteroatoms. The van der Waals surface area contributed by atoms with Crippen LogP contribution in [0.2, 0.25) is 0 Å². The van der Waals surface area contributed by atoms with Gasteiger partial charge in [-0.1, -0.05) is 0 Å². The predicted octanol–water partition coefficient (Wildman–Crippen LogP) is 0.112. The molecule has 0 aromatic rings. The van der Waals surface area contributed by atoms with Crippen LogP contribution in [-0.2, 0) is 4.74 Å². The van der Waals surface area contributed by atoms with Crippen molar-refractivity contribution in [3.05, 3.63) is 0 Å². The summed E-state index contributed by atoms with van der Waals surface area (Å²) in [6, 6.07) is -0.271. The number of nitrogens with one attached hydrogen (secondary N) is 1. The van der Waals surface area contributed by atoms with Crippen LogP contribution in [0.5, 0.6) is 0 Å². The number of hydrogen-bond acceptors (Lipinski definition) is 3. The molecule has 2 unspecified atom stereocenters. The molecule has 4 nitrogen and oxygen atoms in total. The quantitative estimate of drug-likeness (QED) is 0.583. The number of ether oxygens (including phenoxy) is 1. The van der Waals surface area contributed by atoms with Crippen LogP contribution in [-0.4, -0.2) is 30.5 Å². The fourth-order valence-corrected chi connectivity index (χ4v) is 0.365. The van der Waals surface area contributed by atoms with E-state index >= 15 is 0 Å². The summed E-state index contributed by atoms with van der Waals surface area (Å²) in [7, 11) is 1.28. The maximum Gasteiger partial charge on any atom is 0.407 e. The molecule has 0 aromatic heterocycles. The van der Waals surface area contributed by atoms with Gasteiger partial charge in [0.2, 0.25) is 0 Å². The van der Waals surface area contributed by atoms with Gasteiger partial charge in [-0.2, -0.15) is 0 Å². The first kappa shape index (κ1) is 9.23. The number of rotatable bonds is 2. The van der Waals surface area contributed by atoms with E-state index in [1.807, 2.05) is 0 Å². The molecule has 0 aliphatic heterocycles. The third-order valence-corrected chi connectivity index (χ3v) is 1.25. The highest BCUT2D eigenvalue weighted by Crippen LogP contribution is 1.89. The topological polar surface area (TPSA) is 58.6 Å². The molecule has 0 saturated heterocycles. The Morgan fingerprint density at radius 1 is 1.60 bits per heavy atom. The number of aliphatic hydroxyl groups excluding tert-OH is 1. The average Bonchev–Trinajstić information content (AvgIpc) is 1.87. The predicted molar refractivity (Wildman–Crippen MR) is 36.7 cm³/mol. The minimum absolute atomic E-state index is 0.271. The van der Waals surface area contributed by atoms with Crippen molar-refractivity contribution >= 4 is 6.09 Å². The van der Waals surface area contributed by atoms with E-state index in [0.717, 1.165) is 0 Å². The summed E-state index contributed by atoms with van der Waals surface area (Å²) < 4.78 is 4.31. The second kappa shape index (κ2) is 4.11. The highest BCUT2D eigenvalue weighted by Gasteiger charge is 2.10. The van der Waals surface area contributed by atoms with Gasteiger partial charge in [0.1, 0.15) is 0 Å². The van der Waals surface area contributed by atoms with Gasteiger partial charge in [0.25, 0.3) is 0 Å². The van der Waals surface area contributed by atoms with Crippen LogP contribution >= 0.6 is 0 Å². The van der Waals surface area contributed by atoms with Crippen molar-refractivity contribution in [2.45, 2.75) is 26.0 Å². The van der Waals surface area contributed by atoms with Crippen molar-refractivity contribution in [1.82, 2.24) is 5.32 Å². The van der Waals surface area contributed by atoms with E-state index in [0.29, 0.717) is 0 Å². The number of hydrogen-bond donors (Lipinski definition) is 2. The molecule has 0 radical (unpaired) electrons. The van der Waals surface area contributed by atoms with Crippen LogP contribution in [0.1, 0.15) is 13.8 Å². The van der Waals surface area contributed by atoms with E-state index < -0.39 is 12.2 Å². The van der Waals surface area contributed by atoms with E-state index in [-0.39, 0.29) is 6.04 Å². The summed E-state index contributed by atoms with van der Waals surface area (Å²) in [4.78, 5) is 10.5. The number of methoxy groups -OCH3 is 1. The van der Waals surface area contributed by atoms with Crippen LogP contribution in [0.25, 0.3) is 0 Å². The second-order valence-electron chi connectivity index (χ2n) is 2.17.